The van der Waals surface area contributed by atoms with Crippen LogP contribution in [0.1, 0.15) is 61.3 Å². The Morgan fingerprint density at radius 2 is 1.09 bits per heavy atom. The summed E-state index contributed by atoms with van der Waals surface area (Å²) in [7, 11) is 1.27. The van der Waals surface area contributed by atoms with E-state index in [1.54, 1.807) is 34.6 Å². The fraction of sp³-hybridized carbons (Fsp3) is 0.815. The van der Waals surface area contributed by atoms with E-state index in [4.69, 9.17) is 47.4 Å². The number of ether oxygens (including phenoxy) is 10. The van der Waals surface area contributed by atoms with E-state index in [2.05, 4.69) is 5.32 Å². The van der Waals surface area contributed by atoms with E-state index < -0.39 is 79.3 Å². The molecule has 0 radical (unpaired) electrons. The minimum atomic E-state index is -1.68. The summed E-state index contributed by atoms with van der Waals surface area (Å²) in [5.74, 6) is -1.05. The van der Waals surface area contributed by atoms with Crippen LogP contribution in [-0.2, 0) is 52.2 Å². The van der Waals surface area contributed by atoms with E-state index >= 15 is 0 Å². The normalized spacial score (nSPS) is 23.3. The molecule has 248 valence electrons. The minimum absolute atomic E-state index is 0.0492. The molecule has 1 rings (SSSR count). The summed E-state index contributed by atoms with van der Waals surface area (Å²) in [5.41, 5.74) is -0.843. The van der Waals surface area contributed by atoms with Crippen LogP contribution in [0.5, 0.6) is 0 Å². The molecule has 43 heavy (non-hydrogen) atoms. The average molecular weight is 624 g/mol. The van der Waals surface area contributed by atoms with Crippen LogP contribution in [0.2, 0.25) is 0 Å². The molecule has 0 aromatic heterocycles. The van der Waals surface area contributed by atoms with E-state index in [1.165, 1.54) is 14.0 Å². The van der Waals surface area contributed by atoms with Gasteiger partial charge in [0.25, 0.3) is 0 Å². The fourth-order valence-corrected chi connectivity index (χ4v) is 3.92. The first-order chi connectivity index (χ1) is 20.3. The lowest BCUT2D eigenvalue weighted by Gasteiger charge is -2.47. The van der Waals surface area contributed by atoms with Crippen molar-refractivity contribution in [1.82, 2.24) is 5.32 Å². The number of unbranched alkanes of at least 4 members (excludes halogenated alkanes) is 1. The lowest BCUT2D eigenvalue weighted by Crippen LogP contribution is -2.68. The summed E-state index contributed by atoms with van der Waals surface area (Å²) in [4.78, 5) is 62.7. The number of carbonyl (C=O) groups is 5. The van der Waals surface area contributed by atoms with Crippen LogP contribution in [0.15, 0.2) is 0 Å². The summed E-state index contributed by atoms with van der Waals surface area (Å²) in [5, 5.41) is 2.25. The van der Waals surface area contributed by atoms with E-state index in [0.717, 1.165) is 6.42 Å². The van der Waals surface area contributed by atoms with Crippen molar-refractivity contribution < 1.29 is 71.3 Å². The van der Waals surface area contributed by atoms with Gasteiger partial charge in [-0.2, -0.15) is 0 Å². The highest BCUT2D eigenvalue weighted by molar-refractivity contribution is 5.78. The van der Waals surface area contributed by atoms with E-state index in [0.29, 0.717) is 6.42 Å². The molecule has 1 aliphatic rings. The van der Waals surface area contributed by atoms with Gasteiger partial charge in [-0.15, -0.1) is 0 Å². The molecular weight excluding hydrogens is 578 g/mol. The smallest absolute Gasteiger partial charge is 0.453 e. The van der Waals surface area contributed by atoms with Crippen LogP contribution < -0.4 is 5.32 Å². The van der Waals surface area contributed by atoms with Gasteiger partial charge < -0.3 is 52.7 Å². The highest BCUT2D eigenvalue weighted by atomic mass is 16.8. The second-order valence-electron chi connectivity index (χ2n) is 10.00. The van der Waals surface area contributed by atoms with Crippen molar-refractivity contribution in [2.24, 2.45) is 0 Å². The Bertz CT molecular complexity index is 905. The van der Waals surface area contributed by atoms with Crippen molar-refractivity contribution >= 4 is 30.5 Å². The Balaban J connectivity index is 3.59. The molecule has 6 unspecified atom stereocenters. The Hall–Kier alpha value is -3.53. The van der Waals surface area contributed by atoms with Gasteiger partial charge in [0.2, 0.25) is 0 Å². The van der Waals surface area contributed by atoms with Crippen molar-refractivity contribution in [3.63, 3.8) is 0 Å². The molecule has 0 saturated heterocycles. The number of nitrogens with one attached hydrogen (secondary N) is 1. The van der Waals surface area contributed by atoms with Gasteiger partial charge in [0.15, 0.2) is 24.4 Å². The molecule has 0 spiro atoms. The first-order valence-corrected chi connectivity index (χ1v) is 14.1. The van der Waals surface area contributed by atoms with Gasteiger partial charge >= 0.3 is 30.5 Å². The number of rotatable bonds is 14. The summed E-state index contributed by atoms with van der Waals surface area (Å²) in [6, 6.07) is 0. The predicted octanol–water partition coefficient (Wildman–Crippen LogP) is 3.26. The highest BCUT2D eigenvalue weighted by Crippen LogP contribution is 2.34. The van der Waals surface area contributed by atoms with Gasteiger partial charge in [0.1, 0.15) is 24.4 Å². The van der Waals surface area contributed by atoms with Crippen molar-refractivity contribution in [3.05, 3.63) is 0 Å². The fourth-order valence-electron chi connectivity index (χ4n) is 3.92. The number of amides is 1. The Kier molecular flexibility index (Phi) is 16.5. The van der Waals surface area contributed by atoms with Crippen molar-refractivity contribution in [2.45, 2.75) is 104 Å². The molecule has 1 fully saturated rings. The largest absolute Gasteiger partial charge is 0.508 e. The zero-order chi connectivity index (χ0) is 32.6. The molecule has 16 nitrogen and oxygen atoms in total. The molecular formula is C27H45NO15. The summed E-state index contributed by atoms with van der Waals surface area (Å²) in [6.45, 7) is 10.7. The van der Waals surface area contributed by atoms with E-state index in [-0.39, 0.29) is 26.4 Å². The van der Waals surface area contributed by atoms with Crippen LogP contribution in [0.3, 0.4) is 0 Å². The van der Waals surface area contributed by atoms with E-state index in [1.807, 2.05) is 6.92 Å². The number of methoxy groups -OCH3 is 1. The maximum atomic E-state index is 13.0. The predicted molar refractivity (Wildman–Crippen MR) is 145 cm³/mol. The van der Waals surface area contributed by atoms with Crippen LogP contribution in [0, 0.1) is 0 Å². The van der Waals surface area contributed by atoms with Gasteiger partial charge in [0.05, 0.1) is 19.8 Å². The Labute approximate surface area is 251 Å². The highest BCUT2D eigenvalue weighted by Gasteiger charge is 2.59. The molecule has 0 bridgehead atoms. The lowest BCUT2D eigenvalue weighted by molar-refractivity contribution is -0.253. The number of carbonyl (C=O) groups excluding carboxylic acids is 5. The monoisotopic (exact) mass is 623 g/mol. The van der Waals surface area contributed by atoms with Crippen LogP contribution in [-0.4, -0.2) is 113 Å². The third-order valence-electron chi connectivity index (χ3n) is 5.55. The summed E-state index contributed by atoms with van der Waals surface area (Å²) >= 11 is 0. The number of hydrogen-bond acceptors (Lipinski definition) is 15. The summed E-state index contributed by atoms with van der Waals surface area (Å²) in [6.07, 6.45) is -12.0. The molecule has 0 aromatic rings. The molecule has 1 saturated carbocycles. The molecule has 1 aliphatic carbocycles. The second-order valence-corrected chi connectivity index (χ2v) is 10.00. The SMILES string of the molecule is CCCCOC1C(OC)C(OC(=O)OCC)C(OC(=O)OCC)C(OC(=O)CNC(=O)OC(C)(C)C)C1OC(=O)OCC. The topological polar surface area (TPSA) is 190 Å². The van der Waals surface area contributed by atoms with Gasteiger partial charge in [-0.3, -0.25) is 4.79 Å². The maximum Gasteiger partial charge on any atom is 0.508 e. The first kappa shape index (κ1) is 37.5. The first-order valence-electron chi connectivity index (χ1n) is 14.1. The minimum Gasteiger partial charge on any atom is -0.453 e. The molecule has 1 N–H and O–H groups in total. The van der Waals surface area contributed by atoms with Crippen molar-refractivity contribution in [3.8, 4) is 0 Å². The lowest BCUT2D eigenvalue weighted by atomic mass is 9.83. The van der Waals surface area contributed by atoms with Gasteiger partial charge in [-0.05, 0) is 48.0 Å². The third-order valence-corrected chi connectivity index (χ3v) is 5.55. The molecule has 0 heterocycles. The quantitative estimate of drug-likeness (QED) is 0.168. The zero-order valence-corrected chi connectivity index (χ0v) is 26.0. The molecule has 0 aliphatic heterocycles. The molecule has 6 atom stereocenters. The van der Waals surface area contributed by atoms with Crippen LogP contribution in [0.4, 0.5) is 19.2 Å². The zero-order valence-electron chi connectivity index (χ0n) is 26.0. The molecule has 1 amide bonds. The standard InChI is InChI=1S/C27H45NO15/c1-9-13-14-38-18-17(34-8)19(40-24(31)35-10-2)22(42-26(33)37-12-4)21(20(18)41-25(32)36-11-3)39-16(29)15-28-23(30)43-27(5,6)7/h17-22H,9-15H2,1-8H3,(H,28,30). The van der Waals surface area contributed by atoms with Crippen molar-refractivity contribution in [2.75, 3.05) is 40.1 Å². The maximum absolute atomic E-state index is 13.0. The van der Waals surface area contributed by atoms with Crippen LogP contribution in [0.25, 0.3) is 0 Å². The molecule has 0 aromatic carbocycles. The second kappa shape index (κ2) is 18.9. The summed E-state index contributed by atoms with van der Waals surface area (Å²) < 4.78 is 53.6. The van der Waals surface area contributed by atoms with E-state index in [9.17, 15) is 24.0 Å². The number of esters is 1. The van der Waals surface area contributed by atoms with Crippen LogP contribution >= 0.6 is 0 Å². The average Bonchev–Trinajstić information content (AvgIpc) is 2.90. The Morgan fingerprint density at radius 1 is 0.651 bits per heavy atom. The molecule has 16 heteroatoms. The number of alkyl carbamates (subject to hydrolysis) is 1. The Morgan fingerprint density at radius 3 is 1.51 bits per heavy atom. The van der Waals surface area contributed by atoms with Crippen molar-refractivity contribution in [1.29, 1.82) is 0 Å². The van der Waals surface area contributed by atoms with Gasteiger partial charge in [0, 0.05) is 13.7 Å². The van der Waals surface area contributed by atoms with Gasteiger partial charge in [-0.25, -0.2) is 19.2 Å². The third kappa shape index (κ3) is 13.1. The number of hydrogen-bond donors (Lipinski definition) is 1. The van der Waals surface area contributed by atoms with Gasteiger partial charge in [-0.1, -0.05) is 13.3 Å².